The molecule has 0 spiro atoms. The van der Waals surface area contributed by atoms with Crippen LogP contribution in [0.25, 0.3) is 0 Å². The minimum atomic E-state index is -3.86. The minimum Gasteiger partial charge on any atom is -0.309 e. The van der Waals surface area contributed by atoms with Crippen LogP contribution in [-0.4, -0.2) is 38.1 Å². The Kier molecular flexibility index (Phi) is 9.07. The van der Waals surface area contributed by atoms with Crippen LogP contribution in [0.5, 0.6) is 0 Å². The summed E-state index contributed by atoms with van der Waals surface area (Å²) >= 11 is 0. The van der Waals surface area contributed by atoms with Crippen molar-refractivity contribution in [3.8, 4) is 0 Å². The van der Waals surface area contributed by atoms with E-state index < -0.39 is 17.7 Å². The Morgan fingerprint density at radius 2 is 1.50 bits per heavy atom. The van der Waals surface area contributed by atoms with Gasteiger partial charge in [-0.15, -0.1) is 0 Å². The molecule has 0 fully saturated rings. The van der Waals surface area contributed by atoms with Crippen LogP contribution in [0.3, 0.4) is 0 Å². The van der Waals surface area contributed by atoms with E-state index in [0.29, 0.717) is 38.6 Å². The van der Waals surface area contributed by atoms with Crippen molar-refractivity contribution in [1.82, 2.24) is 0 Å². The first kappa shape index (κ1) is 18.1. The van der Waals surface area contributed by atoms with Crippen molar-refractivity contribution in [2.45, 2.75) is 39.5 Å². The second-order valence-corrected chi connectivity index (χ2v) is 7.63. The highest BCUT2D eigenvalue weighted by molar-refractivity contribution is 7.85. The van der Waals surface area contributed by atoms with Crippen molar-refractivity contribution in [3.63, 3.8) is 0 Å². The van der Waals surface area contributed by atoms with Gasteiger partial charge in [0.1, 0.15) is 0 Å². The third-order valence-corrected chi connectivity index (χ3v) is 5.21. The molecule has 0 aromatic heterocycles. The Morgan fingerprint density at radius 3 is 1.94 bits per heavy atom. The molecular formula is C10H23O6PS. The Morgan fingerprint density at radius 1 is 1.00 bits per heavy atom. The fourth-order valence-corrected chi connectivity index (χ4v) is 3.80. The van der Waals surface area contributed by atoms with E-state index in [1.54, 1.807) is 13.8 Å². The summed E-state index contributed by atoms with van der Waals surface area (Å²) in [6, 6.07) is 0. The van der Waals surface area contributed by atoms with Gasteiger partial charge in [0.25, 0.3) is 10.1 Å². The lowest BCUT2D eigenvalue weighted by atomic mass is 10.2. The molecule has 0 aliphatic heterocycles. The van der Waals surface area contributed by atoms with Gasteiger partial charge in [-0.25, -0.2) is 0 Å². The van der Waals surface area contributed by atoms with Crippen LogP contribution in [0, 0.1) is 0 Å². The quantitative estimate of drug-likeness (QED) is 0.358. The van der Waals surface area contributed by atoms with Gasteiger partial charge < -0.3 is 9.05 Å². The van der Waals surface area contributed by atoms with Crippen molar-refractivity contribution in [2.75, 3.05) is 25.1 Å². The van der Waals surface area contributed by atoms with Crippen molar-refractivity contribution < 1.29 is 26.6 Å². The Hall–Kier alpha value is 0.0600. The predicted molar refractivity (Wildman–Crippen MR) is 70.6 cm³/mol. The largest absolute Gasteiger partial charge is 0.330 e. The zero-order valence-electron chi connectivity index (χ0n) is 11.0. The summed E-state index contributed by atoms with van der Waals surface area (Å²) in [6.07, 6.45) is 2.81. The van der Waals surface area contributed by atoms with Crippen molar-refractivity contribution in [2.24, 2.45) is 0 Å². The van der Waals surface area contributed by atoms with E-state index >= 15 is 0 Å². The zero-order valence-corrected chi connectivity index (χ0v) is 12.7. The maximum Gasteiger partial charge on any atom is 0.330 e. The molecule has 1 N–H and O–H groups in total. The molecule has 0 saturated carbocycles. The van der Waals surface area contributed by atoms with E-state index in [1.807, 2.05) is 0 Å². The SMILES string of the molecule is CCOP(=O)(CCCCCCS(=O)(=O)O)OCC. The van der Waals surface area contributed by atoms with Crippen LogP contribution in [0.2, 0.25) is 0 Å². The molecule has 0 aromatic rings. The molecule has 0 aliphatic rings. The van der Waals surface area contributed by atoms with Crippen LogP contribution in [-0.2, 0) is 23.7 Å². The van der Waals surface area contributed by atoms with Crippen molar-refractivity contribution >= 4 is 17.7 Å². The van der Waals surface area contributed by atoms with Gasteiger partial charge in [-0.1, -0.05) is 12.8 Å². The van der Waals surface area contributed by atoms with Gasteiger partial charge in [0.05, 0.1) is 25.1 Å². The lowest BCUT2D eigenvalue weighted by molar-refractivity contribution is 0.219. The molecule has 0 aliphatic carbocycles. The molecule has 0 unspecified atom stereocenters. The van der Waals surface area contributed by atoms with Gasteiger partial charge in [-0.05, 0) is 26.7 Å². The molecule has 0 amide bonds. The maximum absolute atomic E-state index is 12.0. The summed E-state index contributed by atoms with van der Waals surface area (Å²) < 4.78 is 51.7. The van der Waals surface area contributed by atoms with Crippen molar-refractivity contribution in [3.05, 3.63) is 0 Å². The first-order chi connectivity index (χ1) is 8.33. The molecule has 0 heterocycles. The summed E-state index contributed by atoms with van der Waals surface area (Å²) in [5, 5.41) is 0. The highest BCUT2D eigenvalue weighted by Gasteiger charge is 2.22. The average molecular weight is 302 g/mol. The van der Waals surface area contributed by atoms with E-state index in [2.05, 4.69) is 0 Å². The smallest absolute Gasteiger partial charge is 0.309 e. The van der Waals surface area contributed by atoms with Gasteiger partial charge in [-0.2, -0.15) is 8.42 Å². The highest BCUT2D eigenvalue weighted by Crippen LogP contribution is 2.48. The second-order valence-electron chi connectivity index (χ2n) is 3.87. The molecule has 0 radical (unpaired) electrons. The normalized spacial score (nSPS) is 12.8. The van der Waals surface area contributed by atoms with Gasteiger partial charge >= 0.3 is 7.60 Å². The molecule has 0 saturated heterocycles. The van der Waals surface area contributed by atoms with Crippen LogP contribution in [0.4, 0.5) is 0 Å². The molecule has 0 atom stereocenters. The van der Waals surface area contributed by atoms with Crippen molar-refractivity contribution in [1.29, 1.82) is 0 Å². The van der Waals surface area contributed by atoms with E-state index in [-0.39, 0.29) is 5.75 Å². The Balaban J connectivity index is 3.77. The summed E-state index contributed by atoms with van der Waals surface area (Å²) in [5.74, 6) is -0.221. The lowest BCUT2D eigenvalue weighted by Gasteiger charge is -2.16. The molecule has 0 aromatic carbocycles. The third kappa shape index (κ3) is 10.0. The number of hydrogen-bond donors (Lipinski definition) is 1. The number of hydrogen-bond acceptors (Lipinski definition) is 5. The minimum absolute atomic E-state index is 0.221. The molecule has 0 bridgehead atoms. The fourth-order valence-electron chi connectivity index (χ4n) is 1.50. The van der Waals surface area contributed by atoms with E-state index in [4.69, 9.17) is 13.6 Å². The summed E-state index contributed by atoms with van der Waals surface area (Å²) in [4.78, 5) is 0. The van der Waals surface area contributed by atoms with Gasteiger partial charge in [0.2, 0.25) is 0 Å². The predicted octanol–water partition coefficient (Wildman–Crippen LogP) is 2.70. The first-order valence-electron chi connectivity index (χ1n) is 6.16. The molecule has 6 nitrogen and oxygen atoms in total. The Bertz CT molecular complexity index is 343. The maximum atomic E-state index is 12.0. The summed E-state index contributed by atoms with van der Waals surface area (Å²) in [7, 11) is -6.83. The van der Waals surface area contributed by atoms with Crippen LogP contribution in [0.1, 0.15) is 39.5 Å². The van der Waals surface area contributed by atoms with E-state index in [1.165, 1.54) is 0 Å². The van der Waals surface area contributed by atoms with Crippen LogP contribution < -0.4 is 0 Å². The van der Waals surface area contributed by atoms with E-state index in [9.17, 15) is 13.0 Å². The Labute approximate surface area is 109 Å². The van der Waals surface area contributed by atoms with Crippen LogP contribution >= 0.6 is 7.60 Å². The highest BCUT2D eigenvalue weighted by atomic mass is 32.2. The average Bonchev–Trinajstić information content (AvgIpc) is 2.22. The van der Waals surface area contributed by atoms with E-state index in [0.717, 1.165) is 6.42 Å². The number of rotatable bonds is 11. The number of unbranched alkanes of at least 4 members (excludes halogenated alkanes) is 3. The monoisotopic (exact) mass is 302 g/mol. The molecular weight excluding hydrogens is 279 g/mol. The second kappa shape index (κ2) is 9.04. The van der Waals surface area contributed by atoms with Gasteiger partial charge in [-0.3, -0.25) is 9.12 Å². The van der Waals surface area contributed by atoms with Crippen LogP contribution in [0.15, 0.2) is 0 Å². The molecule has 18 heavy (non-hydrogen) atoms. The standard InChI is InChI=1S/C10H23O6PS/c1-3-15-17(11,16-4-2)9-7-5-6-8-10-18(12,13)14/h3-10H2,1-2H3,(H,12,13,14). The summed E-state index contributed by atoms with van der Waals surface area (Å²) in [6.45, 7) is 4.22. The lowest BCUT2D eigenvalue weighted by Crippen LogP contribution is -2.04. The fraction of sp³-hybridized carbons (Fsp3) is 1.00. The topological polar surface area (TPSA) is 89.9 Å². The molecule has 8 heteroatoms. The van der Waals surface area contributed by atoms with Gasteiger partial charge in [0, 0.05) is 0 Å². The molecule has 110 valence electrons. The first-order valence-corrected chi connectivity index (χ1v) is 9.50. The molecule has 0 rings (SSSR count). The zero-order chi connectivity index (χ0) is 14.1. The summed E-state index contributed by atoms with van der Waals surface area (Å²) in [5.41, 5.74) is 0. The third-order valence-electron chi connectivity index (χ3n) is 2.24. The van der Waals surface area contributed by atoms with Gasteiger partial charge in [0.15, 0.2) is 0 Å².